The maximum Gasteiger partial charge on any atom is 0.338 e. The Morgan fingerprint density at radius 2 is 2.39 bits per heavy atom. The van der Waals surface area contributed by atoms with Crippen molar-refractivity contribution < 1.29 is 14.3 Å². The summed E-state index contributed by atoms with van der Waals surface area (Å²) in [5.74, 6) is -0.430. The van der Waals surface area contributed by atoms with Gasteiger partial charge in [0.25, 0.3) is 0 Å². The van der Waals surface area contributed by atoms with Gasteiger partial charge in [0.05, 0.1) is 22.6 Å². The number of rotatable bonds is 3. The van der Waals surface area contributed by atoms with Crippen molar-refractivity contribution in [1.29, 1.82) is 0 Å². The van der Waals surface area contributed by atoms with Gasteiger partial charge in [-0.15, -0.1) is 11.3 Å². The highest BCUT2D eigenvalue weighted by molar-refractivity contribution is 7.09. The van der Waals surface area contributed by atoms with Crippen molar-refractivity contribution in [1.82, 2.24) is 15.6 Å². The van der Waals surface area contributed by atoms with Crippen molar-refractivity contribution in [2.24, 2.45) is 0 Å². The van der Waals surface area contributed by atoms with E-state index in [0.717, 1.165) is 4.88 Å². The van der Waals surface area contributed by atoms with Crippen molar-refractivity contribution in [2.45, 2.75) is 19.9 Å². The summed E-state index contributed by atoms with van der Waals surface area (Å²) in [5, 5.41) is 5.27. The number of urea groups is 1. The summed E-state index contributed by atoms with van der Waals surface area (Å²) in [6, 6.07) is -0.829. The molecule has 2 N–H and O–H groups in total. The van der Waals surface area contributed by atoms with E-state index >= 15 is 0 Å². The molecule has 1 unspecified atom stereocenters. The van der Waals surface area contributed by atoms with Crippen LogP contribution < -0.4 is 10.6 Å². The molecular weight excluding hydrogens is 254 g/mol. The summed E-state index contributed by atoms with van der Waals surface area (Å²) < 4.78 is 5.01. The van der Waals surface area contributed by atoms with Gasteiger partial charge in [0.1, 0.15) is 6.04 Å². The predicted octanol–water partition coefficient (Wildman–Crippen LogP) is 1.33. The maximum absolute atomic E-state index is 11.9. The van der Waals surface area contributed by atoms with E-state index in [9.17, 15) is 9.59 Å². The summed E-state index contributed by atoms with van der Waals surface area (Å²) in [6.07, 6.45) is 1.63. The van der Waals surface area contributed by atoms with Gasteiger partial charge in [-0.25, -0.2) is 9.59 Å². The van der Waals surface area contributed by atoms with Crippen LogP contribution in [0.15, 0.2) is 23.0 Å². The van der Waals surface area contributed by atoms with E-state index in [1.807, 2.05) is 0 Å². The third-order valence-corrected chi connectivity index (χ3v) is 3.34. The van der Waals surface area contributed by atoms with Crippen LogP contribution in [0.5, 0.6) is 0 Å². The van der Waals surface area contributed by atoms with Crippen molar-refractivity contribution in [3.8, 4) is 0 Å². The highest BCUT2D eigenvalue weighted by Crippen LogP contribution is 2.29. The number of hydrogen-bond acceptors (Lipinski definition) is 5. The van der Waals surface area contributed by atoms with Crippen LogP contribution in [-0.4, -0.2) is 23.6 Å². The zero-order valence-corrected chi connectivity index (χ0v) is 10.8. The molecule has 1 atom stereocenters. The number of carbonyl (C=O) groups is 2. The van der Waals surface area contributed by atoms with Gasteiger partial charge in [-0.2, -0.15) is 0 Å². The second kappa shape index (κ2) is 5.18. The van der Waals surface area contributed by atoms with Crippen LogP contribution in [0.4, 0.5) is 4.79 Å². The number of amides is 2. The number of aromatic nitrogens is 1. The summed E-state index contributed by atoms with van der Waals surface area (Å²) in [6.45, 7) is 3.71. The third kappa shape index (κ3) is 2.35. The molecule has 1 aromatic heterocycles. The largest absolute Gasteiger partial charge is 0.463 e. The van der Waals surface area contributed by atoms with Crippen molar-refractivity contribution in [3.05, 3.63) is 27.9 Å². The molecule has 0 bridgehead atoms. The predicted molar refractivity (Wildman–Crippen MR) is 65.9 cm³/mol. The summed E-state index contributed by atoms with van der Waals surface area (Å²) >= 11 is 1.38. The van der Waals surface area contributed by atoms with Crippen LogP contribution >= 0.6 is 11.3 Å². The van der Waals surface area contributed by atoms with Crippen molar-refractivity contribution >= 4 is 23.3 Å². The van der Waals surface area contributed by atoms with Crippen molar-refractivity contribution in [3.63, 3.8) is 0 Å². The number of hydrogen-bond donors (Lipinski definition) is 2. The van der Waals surface area contributed by atoms with Gasteiger partial charge in [-0.05, 0) is 13.8 Å². The Bertz CT molecular complexity index is 496. The van der Waals surface area contributed by atoms with E-state index in [1.54, 1.807) is 25.6 Å². The molecule has 2 heterocycles. The fourth-order valence-electron chi connectivity index (χ4n) is 1.75. The first-order chi connectivity index (χ1) is 8.63. The topological polar surface area (TPSA) is 80.3 Å². The van der Waals surface area contributed by atoms with Gasteiger partial charge in [0.2, 0.25) is 0 Å². The second-order valence-corrected chi connectivity index (χ2v) is 4.61. The second-order valence-electron chi connectivity index (χ2n) is 3.69. The van der Waals surface area contributed by atoms with E-state index in [1.165, 1.54) is 11.3 Å². The smallest absolute Gasteiger partial charge is 0.338 e. The number of ether oxygens (including phenoxy) is 1. The van der Waals surface area contributed by atoms with Crippen LogP contribution in [0.2, 0.25) is 0 Å². The van der Waals surface area contributed by atoms with Gasteiger partial charge in [0.15, 0.2) is 0 Å². The van der Waals surface area contributed by atoms with E-state index in [2.05, 4.69) is 15.6 Å². The fourth-order valence-corrected chi connectivity index (χ4v) is 2.43. The zero-order valence-electron chi connectivity index (χ0n) is 10.0. The van der Waals surface area contributed by atoms with E-state index < -0.39 is 12.0 Å². The molecule has 0 saturated carbocycles. The minimum atomic E-state index is -0.495. The quantitative estimate of drug-likeness (QED) is 0.810. The van der Waals surface area contributed by atoms with E-state index in [4.69, 9.17) is 4.74 Å². The monoisotopic (exact) mass is 267 g/mol. The third-order valence-electron chi connectivity index (χ3n) is 2.50. The minimum Gasteiger partial charge on any atom is -0.463 e. The number of allylic oxidation sites excluding steroid dienone is 1. The lowest BCUT2D eigenvalue weighted by atomic mass is 10.0. The Morgan fingerprint density at radius 3 is 3.00 bits per heavy atom. The molecule has 6 nitrogen and oxygen atoms in total. The average molecular weight is 267 g/mol. The Morgan fingerprint density at radius 1 is 1.61 bits per heavy atom. The van der Waals surface area contributed by atoms with Crippen molar-refractivity contribution in [2.75, 3.05) is 6.61 Å². The normalized spacial score (nSPS) is 19.2. The van der Waals surface area contributed by atoms with Crippen LogP contribution in [-0.2, 0) is 9.53 Å². The molecule has 0 aliphatic carbocycles. The summed E-state index contributed by atoms with van der Waals surface area (Å²) in [5.41, 5.74) is 2.58. The first-order valence-electron chi connectivity index (χ1n) is 5.47. The molecule has 2 rings (SSSR count). The number of nitrogens with zero attached hydrogens (tertiary/aromatic N) is 1. The lowest BCUT2D eigenvalue weighted by Crippen LogP contribution is -2.45. The minimum absolute atomic E-state index is 0.291. The zero-order chi connectivity index (χ0) is 13.1. The molecule has 96 valence electrons. The van der Waals surface area contributed by atoms with Gasteiger partial charge < -0.3 is 15.4 Å². The summed E-state index contributed by atoms with van der Waals surface area (Å²) in [7, 11) is 0. The Labute approximate surface area is 108 Å². The average Bonchev–Trinajstić information content (AvgIpc) is 2.81. The van der Waals surface area contributed by atoms with Crippen LogP contribution in [0.1, 0.15) is 24.8 Å². The number of carbonyl (C=O) groups excluding carboxylic acids is 2. The summed E-state index contributed by atoms with van der Waals surface area (Å²) in [4.78, 5) is 28.2. The molecule has 7 heteroatoms. The molecule has 2 amide bonds. The molecule has 1 aliphatic heterocycles. The van der Waals surface area contributed by atoms with Gasteiger partial charge in [0, 0.05) is 11.9 Å². The number of esters is 1. The first-order valence-corrected chi connectivity index (χ1v) is 6.35. The number of nitrogens with one attached hydrogen (secondary N) is 2. The molecule has 1 aliphatic rings. The maximum atomic E-state index is 11.9. The highest BCUT2D eigenvalue weighted by atomic mass is 32.1. The Kier molecular flexibility index (Phi) is 3.61. The molecular formula is C11H13N3O3S. The van der Waals surface area contributed by atoms with Gasteiger partial charge in [-0.3, -0.25) is 4.98 Å². The molecule has 0 aromatic carbocycles. The Hall–Kier alpha value is -1.89. The lowest BCUT2D eigenvalue weighted by Gasteiger charge is -2.26. The molecule has 1 aromatic rings. The van der Waals surface area contributed by atoms with Crippen LogP contribution in [0.3, 0.4) is 0 Å². The van der Waals surface area contributed by atoms with Crippen LogP contribution in [0.25, 0.3) is 0 Å². The van der Waals surface area contributed by atoms with Gasteiger partial charge in [-0.1, -0.05) is 0 Å². The van der Waals surface area contributed by atoms with E-state index in [0.29, 0.717) is 17.9 Å². The molecule has 0 radical (unpaired) electrons. The fraction of sp³-hybridized carbons (Fsp3) is 0.364. The Balaban J connectivity index is 2.38. The van der Waals surface area contributed by atoms with E-state index in [-0.39, 0.29) is 6.03 Å². The van der Waals surface area contributed by atoms with Crippen LogP contribution in [0, 0.1) is 0 Å². The molecule has 0 fully saturated rings. The highest BCUT2D eigenvalue weighted by Gasteiger charge is 2.32. The molecule has 0 spiro atoms. The van der Waals surface area contributed by atoms with Gasteiger partial charge >= 0.3 is 12.0 Å². The first kappa shape index (κ1) is 12.6. The SMILES string of the molecule is CCOC(=O)C1=C(C)NC(=O)NC1c1cncs1. The lowest BCUT2D eigenvalue weighted by molar-refractivity contribution is -0.139. The standard InChI is InChI=1S/C11H13N3O3S/c1-3-17-10(15)8-6(2)13-11(16)14-9(8)7-4-12-5-18-7/h4-5,9H,3H2,1-2H3,(H2,13,14,16). The molecule has 18 heavy (non-hydrogen) atoms. The number of thiazole rings is 1. The molecule has 0 saturated heterocycles.